The molecule has 0 aromatic heterocycles. The van der Waals surface area contributed by atoms with Crippen molar-refractivity contribution in [1.82, 2.24) is 16.1 Å². The van der Waals surface area contributed by atoms with Gasteiger partial charge in [-0.15, -0.1) is 0 Å². The maximum Gasteiger partial charge on any atom is 0.338 e. The molecule has 3 N–H and O–H groups in total. The molecule has 0 radical (unpaired) electrons. The van der Waals surface area contributed by atoms with E-state index in [9.17, 15) is 9.59 Å². The van der Waals surface area contributed by atoms with Crippen LogP contribution >= 0.6 is 12.2 Å². The number of methoxy groups -OCH3 is 1. The molecular formula is C28H34N4O5S. The summed E-state index contributed by atoms with van der Waals surface area (Å²) in [6.07, 6.45) is 1.60. The zero-order chi connectivity index (χ0) is 27.8. The molecule has 0 saturated heterocycles. The number of hydrogen-bond donors (Lipinski definition) is 3. The number of nitrogens with one attached hydrogen (secondary N) is 3. The number of nitrogens with zero attached hydrogens (tertiary/aromatic N) is 1. The summed E-state index contributed by atoms with van der Waals surface area (Å²) in [5, 5.41) is 10.6. The van der Waals surface area contributed by atoms with Crippen LogP contribution in [0, 0.1) is 6.92 Å². The number of allylic oxidation sites excluding steroid dienone is 1. The molecule has 1 aliphatic rings. The normalized spacial score (nSPS) is 15.2. The Morgan fingerprint density at radius 1 is 1.18 bits per heavy atom. The Morgan fingerprint density at radius 2 is 1.92 bits per heavy atom. The van der Waals surface area contributed by atoms with Crippen molar-refractivity contribution in [3.05, 3.63) is 69.9 Å². The van der Waals surface area contributed by atoms with Gasteiger partial charge in [0, 0.05) is 11.3 Å². The lowest BCUT2D eigenvalue weighted by atomic mass is 9.95. The molecule has 1 atom stereocenters. The van der Waals surface area contributed by atoms with Gasteiger partial charge in [0.05, 0.1) is 31.5 Å². The van der Waals surface area contributed by atoms with Gasteiger partial charge >= 0.3 is 5.97 Å². The summed E-state index contributed by atoms with van der Waals surface area (Å²) in [5.74, 6) is 0.626. The van der Waals surface area contributed by atoms with Crippen LogP contribution in [0.15, 0.2) is 52.8 Å². The standard InChI is InChI=1S/C28H34N4O5S/c1-7-36-27(34)25-18(5)30-28(38)31-26(25)20-10-8-9-11-22(20)37-15-24(33)32-29-14-19-13-21(16(2)3)23(35-6)12-17(19)4/h8-14,16,26H,7,15H2,1-6H3,(H,32,33)(H2,30,31,38)/t26-/m1/s1. The van der Waals surface area contributed by atoms with Crippen LogP contribution in [0.2, 0.25) is 0 Å². The fourth-order valence-corrected chi connectivity index (χ4v) is 4.36. The summed E-state index contributed by atoms with van der Waals surface area (Å²) < 4.78 is 16.6. The predicted octanol–water partition coefficient (Wildman–Crippen LogP) is 4.01. The summed E-state index contributed by atoms with van der Waals surface area (Å²) >= 11 is 5.31. The lowest BCUT2D eigenvalue weighted by molar-refractivity contribution is -0.139. The molecule has 0 aliphatic carbocycles. The second-order valence-corrected chi connectivity index (χ2v) is 9.42. The number of esters is 1. The number of rotatable bonds is 10. The first-order valence-corrected chi connectivity index (χ1v) is 12.7. The van der Waals surface area contributed by atoms with Gasteiger partial charge in [-0.25, -0.2) is 10.2 Å². The molecule has 0 bridgehead atoms. The van der Waals surface area contributed by atoms with Crippen LogP contribution in [0.1, 0.15) is 61.9 Å². The van der Waals surface area contributed by atoms with Gasteiger partial charge in [-0.3, -0.25) is 4.79 Å². The number of carbonyl (C=O) groups is 2. The molecule has 0 saturated carbocycles. The highest BCUT2D eigenvalue weighted by molar-refractivity contribution is 7.80. The van der Waals surface area contributed by atoms with E-state index in [4.69, 9.17) is 26.4 Å². The van der Waals surface area contributed by atoms with Gasteiger partial charge in [0.15, 0.2) is 11.7 Å². The van der Waals surface area contributed by atoms with Crippen molar-refractivity contribution >= 4 is 35.4 Å². The number of aryl methyl sites for hydroxylation is 1. The van der Waals surface area contributed by atoms with Crippen LogP contribution in [-0.2, 0) is 14.3 Å². The number of amides is 1. The minimum absolute atomic E-state index is 0.237. The Bertz CT molecular complexity index is 1270. The zero-order valence-corrected chi connectivity index (χ0v) is 23.3. The summed E-state index contributed by atoms with van der Waals surface area (Å²) in [5.41, 5.74) is 7.04. The maximum absolute atomic E-state index is 12.7. The minimum atomic E-state index is -0.603. The van der Waals surface area contributed by atoms with Crippen LogP contribution in [-0.4, -0.2) is 43.5 Å². The van der Waals surface area contributed by atoms with E-state index in [0.717, 1.165) is 22.4 Å². The molecule has 2 aromatic carbocycles. The van der Waals surface area contributed by atoms with Gasteiger partial charge in [-0.1, -0.05) is 32.0 Å². The first-order chi connectivity index (χ1) is 18.2. The van der Waals surface area contributed by atoms with Crippen molar-refractivity contribution in [3.63, 3.8) is 0 Å². The summed E-state index contributed by atoms with van der Waals surface area (Å²) in [6, 6.07) is 10.5. The number of ether oxygens (including phenoxy) is 3. The molecule has 2 aromatic rings. The molecule has 3 rings (SSSR count). The van der Waals surface area contributed by atoms with E-state index in [2.05, 4.69) is 35.0 Å². The fraction of sp³-hybridized carbons (Fsp3) is 0.357. The second kappa shape index (κ2) is 13.0. The quantitative estimate of drug-likeness (QED) is 0.180. The molecular weight excluding hydrogens is 504 g/mol. The number of hydrazone groups is 1. The molecule has 1 aliphatic heterocycles. The average Bonchev–Trinajstić information content (AvgIpc) is 2.87. The highest BCUT2D eigenvalue weighted by Crippen LogP contribution is 2.33. The van der Waals surface area contributed by atoms with Crippen LogP contribution in [0.4, 0.5) is 0 Å². The number of thiocarbonyl (C=S) groups is 1. The Morgan fingerprint density at radius 3 is 2.61 bits per heavy atom. The summed E-state index contributed by atoms with van der Waals surface area (Å²) in [4.78, 5) is 25.2. The summed E-state index contributed by atoms with van der Waals surface area (Å²) in [6.45, 7) is 9.59. The number of benzene rings is 2. The highest BCUT2D eigenvalue weighted by Gasteiger charge is 2.32. The fourth-order valence-electron chi connectivity index (χ4n) is 4.09. The Hall–Kier alpha value is -3.92. The van der Waals surface area contributed by atoms with E-state index in [1.165, 1.54) is 0 Å². The highest BCUT2D eigenvalue weighted by atomic mass is 32.1. The lowest BCUT2D eigenvalue weighted by Crippen LogP contribution is -2.45. The largest absolute Gasteiger partial charge is 0.496 e. The van der Waals surface area contributed by atoms with Crippen molar-refractivity contribution in [1.29, 1.82) is 0 Å². The van der Waals surface area contributed by atoms with E-state index in [-0.39, 0.29) is 19.1 Å². The third-order valence-corrected chi connectivity index (χ3v) is 6.21. The molecule has 9 nitrogen and oxygen atoms in total. The molecule has 1 amide bonds. The Labute approximate surface area is 228 Å². The number of carbonyl (C=O) groups excluding carboxylic acids is 2. The van der Waals surface area contributed by atoms with Crippen molar-refractivity contribution in [2.24, 2.45) is 5.10 Å². The van der Waals surface area contributed by atoms with E-state index >= 15 is 0 Å². The second-order valence-electron chi connectivity index (χ2n) is 9.02. The Kier molecular flexibility index (Phi) is 9.84. The van der Waals surface area contributed by atoms with Crippen molar-refractivity contribution < 1.29 is 23.8 Å². The van der Waals surface area contributed by atoms with E-state index < -0.39 is 17.9 Å². The molecule has 0 unspecified atom stereocenters. The zero-order valence-electron chi connectivity index (χ0n) is 22.5. The number of hydrogen-bond acceptors (Lipinski definition) is 7. The van der Waals surface area contributed by atoms with E-state index in [1.807, 2.05) is 31.2 Å². The monoisotopic (exact) mass is 538 g/mol. The predicted molar refractivity (Wildman–Crippen MR) is 150 cm³/mol. The van der Waals surface area contributed by atoms with Crippen LogP contribution in [0.25, 0.3) is 0 Å². The minimum Gasteiger partial charge on any atom is -0.496 e. The first kappa shape index (κ1) is 28.6. The van der Waals surface area contributed by atoms with Crippen LogP contribution in [0.5, 0.6) is 11.5 Å². The smallest absolute Gasteiger partial charge is 0.338 e. The lowest BCUT2D eigenvalue weighted by Gasteiger charge is -2.30. The topological polar surface area (TPSA) is 110 Å². The van der Waals surface area contributed by atoms with Crippen molar-refractivity contribution in [2.75, 3.05) is 20.3 Å². The van der Waals surface area contributed by atoms with Gasteiger partial charge in [-0.2, -0.15) is 5.10 Å². The van der Waals surface area contributed by atoms with Gasteiger partial charge in [0.1, 0.15) is 11.5 Å². The van der Waals surface area contributed by atoms with Gasteiger partial charge in [-0.05, 0) is 73.8 Å². The van der Waals surface area contributed by atoms with Crippen LogP contribution in [0.3, 0.4) is 0 Å². The van der Waals surface area contributed by atoms with Crippen molar-refractivity contribution in [2.45, 2.75) is 46.6 Å². The third-order valence-electron chi connectivity index (χ3n) is 5.99. The molecule has 202 valence electrons. The molecule has 38 heavy (non-hydrogen) atoms. The molecule has 0 fully saturated rings. The molecule has 10 heteroatoms. The van der Waals surface area contributed by atoms with Gasteiger partial charge in [0.25, 0.3) is 5.91 Å². The summed E-state index contributed by atoms with van der Waals surface area (Å²) in [7, 11) is 1.65. The van der Waals surface area contributed by atoms with E-state index in [1.54, 1.807) is 39.3 Å². The van der Waals surface area contributed by atoms with Crippen molar-refractivity contribution in [3.8, 4) is 11.5 Å². The van der Waals surface area contributed by atoms with Gasteiger partial charge < -0.3 is 24.8 Å². The maximum atomic E-state index is 12.7. The number of para-hydroxylation sites is 1. The Balaban J connectivity index is 1.72. The van der Waals surface area contributed by atoms with Gasteiger partial charge in [0.2, 0.25) is 0 Å². The van der Waals surface area contributed by atoms with E-state index in [0.29, 0.717) is 27.7 Å². The molecule has 0 spiro atoms. The molecule has 1 heterocycles. The SMILES string of the molecule is CCOC(=O)C1=C(C)NC(=S)N[C@@H]1c1ccccc1OCC(=O)NN=Cc1cc(C(C)C)c(OC)cc1C. The van der Waals surface area contributed by atoms with Crippen LogP contribution < -0.4 is 25.5 Å². The average molecular weight is 539 g/mol. The first-order valence-electron chi connectivity index (χ1n) is 12.3. The third kappa shape index (κ3) is 6.89.